The van der Waals surface area contributed by atoms with E-state index in [0.29, 0.717) is 6.54 Å². The number of likely N-dealkylation sites (tertiary alicyclic amines) is 1. The van der Waals surface area contributed by atoms with Crippen LogP contribution >= 0.6 is 0 Å². The normalized spacial score (nSPS) is 15.5. The Bertz CT molecular complexity index is 705. The van der Waals surface area contributed by atoms with E-state index in [1.165, 1.54) is 32.4 Å². The second kappa shape index (κ2) is 7.42. The first kappa shape index (κ1) is 15.7. The molecule has 0 spiro atoms. The second-order valence-corrected chi connectivity index (χ2v) is 6.07. The molecule has 1 N–H and O–H groups in total. The van der Waals surface area contributed by atoms with E-state index in [1.54, 1.807) is 28.8 Å². The zero-order valence-corrected chi connectivity index (χ0v) is 13.6. The van der Waals surface area contributed by atoms with Crippen LogP contribution in [0.25, 0.3) is 11.3 Å². The molecule has 0 amide bonds. The number of quaternary nitrogens is 1. The van der Waals surface area contributed by atoms with E-state index >= 15 is 0 Å². The molecule has 3 rings (SSSR count). The number of aromatic nitrogens is 2. The lowest BCUT2D eigenvalue weighted by Gasteiger charge is -2.23. The zero-order valence-electron chi connectivity index (χ0n) is 13.6. The molecule has 2 heterocycles. The third-order valence-corrected chi connectivity index (χ3v) is 4.47. The van der Waals surface area contributed by atoms with E-state index in [9.17, 15) is 4.79 Å². The van der Waals surface area contributed by atoms with Gasteiger partial charge in [-0.25, -0.2) is 4.68 Å². The van der Waals surface area contributed by atoms with E-state index in [2.05, 4.69) is 5.10 Å². The van der Waals surface area contributed by atoms with E-state index in [1.807, 2.05) is 24.3 Å². The summed E-state index contributed by atoms with van der Waals surface area (Å²) in [6.45, 7) is 4.06. The van der Waals surface area contributed by atoms with Crippen LogP contribution < -0.4 is 15.2 Å². The summed E-state index contributed by atoms with van der Waals surface area (Å²) in [7, 11) is 1.65. The van der Waals surface area contributed by atoms with Crippen LogP contribution in [0.5, 0.6) is 5.75 Å². The monoisotopic (exact) mass is 314 g/mol. The molecule has 1 fully saturated rings. The van der Waals surface area contributed by atoms with Crippen LogP contribution in [0.2, 0.25) is 0 Å². The van der Waals surface area contributed by atoms with Gasteiger partial charge in [-0.1, -0.05) is 12.1 Å². The van der Waals surface area contributed by atoms with Crippen molar-refractivity contribution in [3.63, 3.8) is 0 Å². The Kier molecular flexibility index (Phi) is 5.08. The predicted octanol–water partition coefficient (Wildman–Crippen LogP) is 0.988. The predicted molar refractivity (Wildman–Crippen MR) is 89.9 cm³/mol. The molecule has 0 saturated carbocycles. The number of methoxy groups -OCH3 is 1. The molecule has 0 aliphatic carbocycles. The van der Waals surface area contributed by atoms with Gasteiger partial charge >= 0.3 is 0 Å². The van der Waals surface area contributed by atoms with Gasteiger partial charge in [0.25, 0.3) is 5.56 Å². The van der Waals surface area contributed by atoms with Crippen molar-refractivity contribution >= 4 is 0 Å². The van der Waals surface area contributed by atoms with E-state index in [0.717, 1.165) is 23.6 Å². The molecule has 1 aromatic heterocycles. The summed E-state index contributed by atoms with van der Waals surface area (Å²) in [6, 6.07) is 11.1. The molecule has 1 aromatic carbocycles. The number of nitrogens with zero attached hydrogens (tertiary/aromatic N) is 2. The number of hydrogen-bond acceptors (Lipinski definition) is 3. The Morgan fingerprint density at radius 2 is 2.00 bits per heavy atom. The summed E-state index contributed by atoms with van der Waals surface area (Å²) in [4.78, 5) is 13.6. The fourth-order valence-corrected chi connectivity index (χ4v) is 3.11. The highest BCUT2D eigenvalue weighted by Crippen LogP contribution is 2.20. The first-order valence-corrected chi connectivity index (χ1v) is 8.32. The molecule has 2 aromatic rings. The Hall–Kier alpha value is -2.14. The molecule has 23 heavy (non-hydrogen) atoms. The lowest BCUT2D eigenvalue weighted by molar-refractivity contribution is -0.905. The van der Waals surface area contributed by atoms with Crippen molar-refractivity contribution in [1.82, 2.24) is 9.78 Å². The first-order valence-electron chi connectivity index (χ1n) is 8.32. The van der Waals surface area contributed by atoms with Gasteiger partial charge in [0.05, 0.1) is 39.0 Å². The molecular weight excluding hydrogens is 290 g/mol. The van der Waals surface area contributed by atoms with Gasteiger partial charge in [-0.2, -0.15) is 5.10 Å². The third-order valence-electron chi connectivity index (χ3n) is 4.47. The molecule has 0 unspecified atom stereocenters. The Morgan fingerprint density at radius 1 is 1.17 bits per heavy atom. The molecule has 0 bridgehead atoms. The lowest BCUT2D eigenvalue weighted by Crippen LogP contribution is -3.13. The molecular formula is C18H24N3O2+. The highest BCUT2D eigenvalue weighted by atomic mass is 16.5. The van der Waals surface area contributed by atoms with Crippen LogP contribution in [0.15, 0.2) is 41.2 Å². The highest BCUT2D eigenvalue weighted by molar-refractivity contribution is 5.60. The minimum atomic E-state index is -0.0342. The Morgan fingerprint density at radius 3 is 2.78 bits per heavy atom. The average Bonchev–Trinajstić information content (AvgIpc) is 2.62. The molecule has 1 saturated heterocycles. The minimum Gasteiger partial charge on any atom is -0.497 e. The van der Waals surface area contributed by atoms with Crippen molar-refractivity contribution in [2.24, 2.45) is 0 Å². The fourth-order valence-electron chi connectivity index (χ4n) is 3.11. The number of rotatable bonds is 5. The van der Waals surface area contributed by atoms with Crippen molar-refractivity contribution in [3.8, 4) is 17.0 Å². The van der Waals surface area contributed by atoms with Gasteiger partial charge < -0.3 is 9.64 Å². The SMILES string of the molecule is COc1cccc(-c2ccc(=O)n(CC[NH+]3CCCCC3)n2)c1. The van der Waals surface area contributed by atoms with Gasteiger partial charge in [-0.05, 0) is 37.5 Å². The summed E-state index contributed by atoms with van der Waals surface area (Å²) in [5.74, 6) is 0.791. The molecule has 0 atom stereocenters. The largest absolute Gasteiger partial charge is 0.497 e. The maximum absolute atomic E-state index is 12.1. The fraction of sp³-hybridized carbons (Fsp3) is 0.444. The summed E-state index contributed by atoms with van der Waals surface area (Å²) >= 11 is 0. The molecule has 122 valence electrons. The van der Waals surface area contributed by atoms with Crippen molar-refractivity contribution in [3.05, 3.63) is 46.8 Å². The number of nitrogens with one attached hydrogen (secondary N) is 1. The third kappa shape index (κ3) is 3.99. The molecule has 5 nitrogen and oxygen atoms in total. The summed E-state index contributed by atoms with van der Waals surface area (Å²) in [6.07, 6.45) is 3.93. The van der Waals surface area contributed by atoms with Gasteiger partial charge in [0.2, 0.25) is 0 Å². The number of benzene rings is 1. The van der Waals surface area contributed by atoms with E-state index in [-0.39, 0.29) is 5.56 Å². The van der Waals surface area contributed by atoms with Gasteiger partial charge in [0.15, 0.2) is 0 Å². The van der Waals surface area contributed by atoms with Crippen LogP contribution in [-0.4, -0.2) is 36.5 Å². The molecule has 1 aliphatic rings. The lowest BCUT2D eigenvalue weighted by atomic mass is 10.1. The van der Waals surface area contributed by atoms with Crippen molar-refractivity contribution < 1.29 is 9.64 Å². The van der Waals surface area contributed by atoms with Crippen molar-refractivity contribution in [2.45, 2.75) is 25.8 Å². The zero-order chi connectivity index (χ0) is 16.1. The van der Waals surface area contributed by atoms with Gasteiger partial charge in [-0.15, -0.1) is 0 Å². The average molecular weight is 314 g/mol. The van der Waals surface area contributed by atoms with Crippen LogP contribution in [0.4, 0.5) is 0 Å². The molecule has 1 aliphatic heterocycles. The quantitative estimate of drug-likeness (QED) is 0.895. The number of ether oxygens (including phenoxy) is 1. The molecule has 5 heteroatoms. The van der Waals surface area contributed by atoms with E-state index in [4.69, 9.17) is 4.74 Å². The maximum Gasteiger partial charge on any atom is 0.266 e. The standard InChI is InChI=1S/C18H23N3O2/c1-23-16-7-5-6-15(14-16)17-8-9-18(22)21(19-17)13-12-20-10-3-2-4-11-20/h5-9,14H,2-4,10-13H2,1H3/p+1. The van der Waals surface area contributed by atoms with E-state index < -0.39 is 0 Å². The van der Waals surface area contributed by atoms with Gasteiger partial charge in [0.1, 0.15) is 5.75 Å². The summed E-state index contributed by atoms with van der Waals surface area (Å²) in [5.41, 5.74) is 1.73. The first-order chi connectivity index (χ1) is 11.3. The van der Waals surface area contributed by atoms with Crippen molar-refractivity contribution in [2.75, 3.05) is 26.7 Å². The molecule has 0 radical (unpaired) electrons. The topological polar surface area (TPSA) is 48.6 Å². The summed E-state index contributed by atoms with van der Waals surface area (Å²) in [5, 5.41) is 4.54. The minimum absolute atomic E-state index is 0.0342. The van der Waals surface area contributed by atoms with Gasteiger partial charge in [-0.3, -0.25) is 4.79 Å². The van der Waals surface area contributed by atoms with Crippen LogP contribution in [0.3, 0.4) is 0 Å². The van der Waals surface area contributed by atoms with Gasteiger partial charge in [0, 0.05) is 11.6 Å². The number of piperidine rings is 1. The second-order valence-electron chi connectivity index (χ2n) is 6.07. The van der Waals surface area contributed by atoms with Crippen LogP contribution in [0.1, 0.15) is 19.3 Å². The van der Waals surface area contributed by atoms with Crippen LogP contribution in [-0.2, 0) is 6.54 Å². The Labute approximate surface area is 136 Å². The smallest absolute Gasteiger partial charge is 0.266 e. The number of hydrogen-bond donors (Lipinski definition) is 1. The summed E-state index contributed by atoms with van der Waals surface area (Å²) < 4.78 is 6.85. The van der Waals surface area contributed by atoms with Crippen molar-refractivity contribution in [1.29, 1.82) is 0 Å². The van der Waals surface area contributed by atoms with Crippen LogP contribution in [0, 0.1) is 0 Å². The Balaban J connectivity index is 1.76. The maximum atomic E-state index is 12.1. The highest BCUT2D eigenvalue weighted by Gasteiger charge is 2.14.